The van der Waals surface area contributed by atoms with E-state index in [1.165, 1.54) is 0 Å². The monoisotopic (exact) mass is 243 g/mol. The number of aromatic nitrogens is 2. The molecule has 0 radical (unpaired) electrons. The molecule has 0 spiro atoms. The van der Waals surface area contributed by atoms with Crippen molar-refractivity contribution in [1.29, 1.82) is 0 Å². The zero-order valence-corrected chi connectivity index (χ0v) is 10.7. The molecule has 0 unspecified atom stereocenters. The topological polar surface area (TPSA) is 61.0 Å². The second kappa shape index (κ2) is 5.60. The van der Waals surface area contributed by atoms with Crippen molar-refractivity contribution in [3.05, 3.63) is 47.5 Å². The van der Waals surface area contributed by atoms with Crippen LogP contribution in [-0.2, 0) is 13.0 Å². The Morgan fingerprint density at radius 1 is 1.22 bits per heavy atom. The van der Waals surface area contributed by atoms with Gasteiger partial charge in [0.15, 0.2) is 0 Å². The van der Waals surface area contributed by atoms with Crippen LogP contribution < -0.4 is 10.5 Å². The molecular weight excluding hydrogens is 226 g/mol. The molecule has 4 heteroatoms. The maximum Gasteiger partial charge on any atom is 0.150 e. The fourth-order valence-corrected chi connectivity index (χ4v) is 1.73. The Morgan fingerprint density at radius 2 is 2.06 bits per heavy atom. The fourth-order valence-electron chi connectivity index (χ4n) is 1.73. The number of nitrogens with two attached hydrogens (primary N) is 1. The third kappa shape index (κ3) is 2.65. The van der Waals surface area contributed by atoms with Crippen LogP contribution in [0.2, 0.25) is 0 Å². The number of nitrogens with zero attached hydrogens (tertiary/aromatic N) is 2. The lowest BCUT2D eigenvalue weighted by Crippen LogP contribution is -2.01. The van der Waals surface area contributed by atoms with Crippen LogP contribution in [0.3, 0.4) is 0 Å². The molecule has 2 N–H and O–H groups in total. The smallest absolute Gasteiger partial charge is 0.150 e. The Hall–Kier alpha value is -1.94. The normalized spacial score (nSPS) is 10.4. The molecular formula is C14H17N3O. The average molecular weight is 243 g/mol. The van der Waals surface area contributed by atoms with Gasteiger partial charge in [-0.15, -0.1) is 0 Å². The highest BCUT2D eigenvalue weighted by molar-refractivity contribution is 5.38. The minimum absolute atomic E-state index is 0.429. The lowest BCUT2D eigenvalue weighted by Gasteiger charge is -2.12. The minimum Gasteiger partial charge on any atom is -0.453 e. The van der Waals surface area contributed by atoms with Crippen LogP contribution in [0.5, 0.6) is 11.5 Å². The van der Waals surface area contributed by atoms with Gasteiger partial charge >= 0.3 is 0 Å². The summed E-state index contributed by atoms with van der Waals surface area (Å²) >= 11 is 0. The first-order valence-electron chi connectivity index (χ1n) is 6.02. The summed E-state index contributed by atoms with van der Waals surface area (Å²) in [6.07, 6.45) is 4.22. The first-order valence-corrected chi connectivity index (χ1v) is 6.02. The minimum atomic E-state index is 0.429. The Morgan fingerprint density at radius 3 is 2.78 bits per heavy atom. The Labute approximate surface area is 107 Å². The van der Waals surface area contributed by atoms with Crippen molar-refractivity contribution in [3.8, 4) is 11.5 Å². The van der Waals surface area contributed by atoms with Crippen molar-refractivity contribution >= 4 is 0 Å². The number of hydrogen-bond acceptors (Lipinski definition) is 4. The molecule has 2 aromatic rings. The van der Waals surface area contributed by atoms with Crippen molar-refractivity contribution < 1.29 is 4.74 Å². The van der Waals surface area contributed by atoms with E-state index in [1.807, 2.05) is 25.1 Å². The van der Waals surface area contributed by atoms with Crippen molar-refractivity contribution in [1.82, 2.24) is 9.97 Å². The van der Waals surface area contributed by atoms with Crippen molar-refractivity contribution in [3.63, 3.8) is 0 Å². The second-order valence-electron chi connectivity index (χ2n) is 4.04. The standard InChI is InChI=1S/C14H17N3O/c1-3-12-13(5-4-10(2)17-12)18-14-9-16-7-6-11(14)8-15/h4-7,9H,3,8,15H2,1-2H3. The molecule has 0 amide bonds. The van der Waals surface area contributed by atoms with Gasteiger partial charge in [0.1, 0.15) is 11.5 Å². The van der Waals surface area contributed by atoms with E-state index in [4.69, 9.17) is 10.5 Å². The number of aryl methyl sites for hydroxylation is 2. The highest BCUT2D eigenvalue weighted by Crippen LogP contribution is 2.26. The summed E-state index contributed by atoms with van der Waals surface area (Å²) in [5, 5.41) is 0. The number of pyridine rings is 2. The van der Waals surface area contributed by atoms with E-state index in [1.54, 1.807) is 12.4 Å². The predicted molar refractivity (Wildman–Crippen MR) is 70.6 cm³/mol. The third-order valence-corrected chi connectivity index (χ3v) is 2.72. The summed E-state index contributed by atoms with van der Waals surface area (Å²) in [6.45, 7) is 4.46. The van der Waals surface area contributed by atoms with Gasteiger partial charge in [0.2, 0.25) is 0 Å². The van der Waals surface area contributed by atoms with Gasteiger partial charge in [0.05, 0.1) is 11.9 Å². The molecule has 0 fully saturated rings. The highest BCUT2D eigenvalue weighted by Gasteiger charge is 2.08. The zero-order valence-electron chi connectivity index (χ0n) is 10.7. The van der Waals surface area contributed by atoms with Crippen molar-refractivity contribution in [2.75, 3.05) is 0 Å². The van der Waals surface area contributed by atoms with Crippen LogP contribution in [-0.4, -0.2) is 9.97 Å². The largest absolute Gasteiger partial charge is 0.453 e. The molecule has 0 saturated carbocycles. The van der Waals surface area contributed by atoms with E-state index in [0.717, 1.165) is 29.1 Å². The molecule has 0 atom stereocenters. The Bertz CT molecular complexity index is 540. The third-order valence-electron chi connectivity index (χ3n) is 2.72. The molecule has 0 aliphatic carbocycles. The second-order valence-corrected chi connectivity index (χ2v) is 4.04. The summed E-state index contributed by atoms with van der Waals surface area (Å²) in [6, 6.07) is 5.74. The highest BCUT2D eigenvalue weighted by atomic mass is 16.5. The SMILES string of the molecule is CCc1nc(C)ccc1Oc1cnccc1CN. The number of hydrogen-bond donors (Lipinski definition) is 1. The van der Waals surface area contributed by atoms with Crippen molar-refractivity contribution in [2.45, 2.75) is 26.8 Å². The van der Waals surface area contributed by atoms with Crippen LogP contribution in [0.15, 0.2) is 30.6 Å². The molecule has 0 aliphatic rings. The van der Waals surface area contributed by atoms with Crippen molar-refractivity contribution in [2.24, 2.45) is 5.73 Å². The van der Waals surface area contributed by atoms with Gasteiger partial charge in [0, 0.05) is 24.0 Å². The molecule has 94 valence electrons. The molecule has 0 aromatic carbocycles. The fraction of sp³-hybridized carbons (Fsp3) is 0.286. The molecule has 2 heterocycles. The van der Waals surface area contributed by atoms with Crippen LogP contribution in [0.1, 0.15) is 23.9 Å². The maximum atomic E-state index is 5.87. The lowest BCUT2D eigenvalue weighted by atomic mass is 10.2. The van der Waals surface area contributed by atoms with E-state index in [2.05, 4.69) is 16.9 Å². The van der Waals surface area contributed by atoms with E-state index in [0.29, 0.717) is 12.3 Å². The van der Waals surface area contributed by atoms with E-state index in [9.17, 15) is 0 Å². The van der Waals surface area contributed by atoms with Gasteiger partial charge in [-0.3, -0.25) is 9.97 Å². The summed E-state index contributed by atoms with van der Waals surface area (Å²) in [4.78, 5) is 8.53. The Kier molecular flexibility index (Phi) is 3.89. The number of ether oxygens (including phenoxy) is 1. The first-order chi connectivity index (χ1) is 8.74. The maximum absolute atomic E-state index is 5.87. The summed E-state index contributed by atoms with van der Waals surface area (Å²) < 4.78 is 5.87. The summed E-state index contributed by atoms with van der Waals surface area (Å²) in [5.41, 5.74) is 8.55. The van der Waals surface area contributed by atoms with Gasteiger partial charge < -0.3 is 10.5 Å². The van der Waals surface area contributed by atoms with E-state index >= 15 is 0 Å². The summed E-state index contributed by atoms with van der Waals surface area (Å²) in [7, 11) is 0. The zero-order chi connectivity index (χ0) is 13.0. The van der Waals surface area contributed by atoms with Crippen LogP contribution in [0, 0.1) is 6.92 Å². The molecule has 18 heavy (non-hydrogen) atoms. The molecule has 0 saturated heterocycles. The summed E-state index contributed by atoms with van der Waals surface area (Å²) in [5.74, 6) is 1.46. The van der Waals surface area contributed by atoms with Crippen LogP contribution in [0.4, 0.5) is 0 Å². The molecule has 2 rings (SSSR count). The number of rotatable bonds is 4. The van der Waals surface area contributed by atoms with E-state index in [-0.39, 0.29) is 0 Å². The lowest BCUT2D eigenvalue weighted by molar-refractivity contribution is 0.464. The first kappa shape index (κ1) is 12.5. The van der Waals surface area contributed by atoms with Gasteiger partial charge in [-0.1, -0.05) is 6.92 Å². The molecule has 0 aliphatic heterocycles. The molecule has 4 nitrogen and oxygen atoms in total. The Balaban J connectivity index is 2.33. The average Bonchev–Trinajstić information content (AvgIpc) is 2.41. The molecule has 2 aromatic heterocycles. The van der Waals surface area contributed by atoms with Gasteiger partial charge in [-0.05, 0) is 31.5 Å². The predicted octanol–water partition coefficient (Wildman–Crippen LogP) is 2.60. The van der Waals surface area contributed by atoms with Gasteiger partial charge in [-0.2, -0.15) is 0 Å². The quantitative estimate of drug-likeness (QED) is 0.896. The van der Waals surface area contributed by atoms with Crippen LogP contribution in [0.25, 0.3) is 0 Å². The van der Waals surface area contributed by atoms with E-state index < -0.39 is 0 Å². The molecule has 0 bridgehead atoms. The van der Waals surface area contributed by atoms with Gasteiger partial charge in [0.25, 0.3) is 0 Å². The van der Waals surface area contributed by atoms with Crippen LogP contribution >= 0.6 is 0 Å². The van der Waals surface area contributed by atoms with Gasteiger partial charge in [-0.25, -0.2) is 0 Å².